The predicted molar refractivity (Wildman–Crippen MR) is 98.0 cm³/mol. The molecule has 0 spiro atoms. The van der Waals surface area contributed by atoms with Crippen LogP contribution < -0.4 is 27.6 Å². The lowest BCUT2D eigenvalue weighted by Crippen LogP contribution is -2.66. The number of rotatable bonds is 1. The van der Waals surface area contributed by atoms with Crippen molar-refractivity contribution in [3.63, 3.8) is 0 Å². The van der Waals surface area contributed by atoms with Crippen LogP contribution in [0.2, 0.25) is 10.2 Å². The normalized spacial score (nSPS) is 30.3. The molecule has 3 nitrogen and oxygen atoms in total. The third-order valence-corrected chi connectivity index (χ3v) is 4.44. The van der Waals surface area contributed by atoms with Crippen molar-refractivity contribution in [1.29, 1.82) is 0 Å². The maximum absolute atomic E-state index is 12.6. The smallest absolute Gasteiger partial charge is 0.178 e. The van der Waals surface area contributed by atoms with Crippen molar-refractivity contribution in [2.75, 3.05) is 0 Å². The summed E-state index contributed by atoms with van der Waals surface area (Å²) >= 11 is 6.17. The van der Waals surface area contributed by atoms with E-state index in [1.807, 2.05) is 0 Å². The number of carbonyl (C=O) groups excluding carboxylic acids is 1. The van der Waals surface area contributed by atoms with Crippen LogP contribution in [0.5, 0.6) is 0 Å². The molecular weight excluding hydrogens is 301 g/mol. The van der Waals surface area contributed by atoms with Gasteiger partial charge in [0.1, 0.15) is 44.8 Å². The van der Waals surface area contributed by atoms with E-state index < -0.39 is 28.5 Å². The largest absolute Gasteiger partial charge is 0.392 e. The van der Waals surface area contributed by atoms with Gasteiger partial charge in [0.2, 0.25) is 0 Å². The van der Waals surface area contributed by atoms with Gasteiger partial charge in [-0.1, -0.05) is 27.7 Å². The van der Waals surface area contributed by atoms with Crippen molar-refractivity contribution in [3.05, 3.63) is 10.6 Å². The van der Waals surface area contributed by atoms with Gasteiger partial charge in [-0.15, -0.1) is 10.9 Å². The molecule has 0 heterocycles. The van der Waals surface area contributed by atoms with E-state index in [1.54, 1.807) is 0 Å². The van der Waals surface area contributed by atoms with Crippen LogP contribution in [-0.4, -0.2) is 71.3 Å². The number of benzene rings is 1. The molecule has 0 aliphatic heterocycles. The standard InChI is InChI=1S/C12H7B7ClNO2/c13-4-3(8(20)7(16)6(15)5(4)14)11(21)1-10(17,18)2-12(19,23)9(11)22/h23H,1-2,21H2. The SMILES string of the molecule is [B]c1c([B])c([B])c(C2(N)CC([B])([B])CC([B])(O)C2=O)c(Cl)c1[B]. The predicted octanol–water partition coefficient (Wildman–Crippen LogP) is -4.66. The maximum atomic E-state index is 12.6. The molecule has 2 rings (SSSR count). The fraction of sp³-hybridized carbons (Fsp3) is 0.417. The number of ketones is 1. The van der Waals surface area contributed by atoms with Gasteiger partial charge in [0.05, 0.1) is 21.2 Å². The highest BCUT2D eigenvalue weighted by Crippen LogP contribution is 2.47. The minimum absolute atomic E-state index is 0.0436. The highest BCUT2D eigenvalue weighted by Gasteiger charge is 2.54. The molecule has 23 heavy (non-hydrogen) atoms. The van der Waals surface area contributed by atoms with Gasteiger partial charge in [-0.3, -0.25) is 4.79 Å². The number of carbonyl (C=O) groups is 1. The Hall–Kier alpha value is -0.445. The topological polar surface area (TPSA) is 63.3 Å². The Balaban J connectivity index is 2.81. The van der Waals surface area contributed by atoms with Crippen molar-refractivity contribution in [3.8, 4) is 0 Å². The van der Waals surface area contributed by atoms with Crippen molar-refractivity contribution in [2.24, 2.45) is 5.73 Å². The second-order valence-corrected chi connectivity index (χ2v) is 6.53. The number of nitrogens with two attached hydrogens (primary N) is 1. The average molecular weight is 308 g/mol. The van der Waals surface area contributed by atoms with Gasteiger partial charge in [0, 0.05) is 5.02 Å². The van der Waals surface area contributed by atoms with Crippen LogP contribution in [-0.2, 0) is 10.3 Å². The van der Waals surface area contributed by atoms with E-state index in [0.29, 0.717) is 0 Å². The molecule has 0 amide bonds. The van der Waals surface area contributed by atoms with Gasteiger partial charge in [-0.05, 0) is 18.4 Å². The van der Waals surface area contributed by atoms with Crippen LogP contribution >= 0.6 is 11.6 Å². The fourth-order valence-electron chi connectivity index (χ4n) is 3.06. The quantitative estimate of drug-likeness (QED) is 0.513. The summed E-state index contributed by atoms with van der Waals surface area (Å²) in [6.45, 7) is 0. The third-order valence-electron chi connectivity index (χ3n) is 4.05. The molecular formula is C12H7B7ClNO2. The maximum Gasteiger partial charge on any atom is 0.178 e. The zero-order chi connectivity index (χ0) is 18.0. The molecule has 11 heteroatoms. The Morgan fingerprint density at radius 3 is 1.96 bits per heavy atom. The lowest BCUT2D eigenvalue weighted by molar-refractivity contribution is -0.140. The first-order valence-electron chi connectivity index (χ1n) is 6.59. The molecule has 3 N–H and O–H groups in total. The van der Waals surface area contributed by atoms with E-state index in [4.69, 9.17) is 72.3 Å². The number of hydrogen-bond acceptors (Lipinski definition) is 3. The first kappa shape index (κ1) is 18.9. The molecule has 2 atom stereocenters. The fourth-order valence-corrected chi connectivity index (χ4v) is 3.44. The zero-order valence-corrected chi connectivity index (χ0v) is 13.0. The van der Waals surface area contributed by atoms with Gasteiger partial charge in [-0.25, -0.2) is 0 Å². The van der Waals surface area contributed by atoms with Gasteiger partial charge < -0.3 is 10.8 Å². The van der Waals surface area contributed by atoms with Crippen molar-refractivity contribution < 1.29 is 9.90 Å². The molecule has 1 aromatic rings. The van der Waals surface area contributed by atoms with E-state index in [-0.39, 0.29) is 38.9 Å². The molecule has 0 aromatic heterocycles. The van der Waals surface area contributed by atoms with Crippen LogP contribution in [0.15, 0.2) is 0 Å². The lowest BCUT2D eigenvalue weighted by Gasteiger charge is -2.50. The Morgan fingerprint density at radius 1 is 0.957 bits per heavy atom. The molecule has 1 aliphatic carbocycles. The van der Waals surface area contributed by atoms with Crippen LogP contribution in [0.1, 0.15) is 18.4 Å². The molecule has 1 aromatic carbocycles. The highest BCUT2D eigenvalue weighted by atomic mass is 35.5. The highest BCUT2D eigenvalue weighted by molar-refractivity contribution is 6.65. The Bertz CT molecular complexity index is 680. The van der Waals surface area contributed by atoms with Crippen molar-refractivity contribution in [2.45, 2.75) is 29.1 Å². The van der Waals surface area contributed by atoms with E-state index >= 15 is 0 Å². The lowest BCUT2D eigenvalue weighted by atomic mass is 9.39. The number of halogens is 1. The van der Waals surface area contributed by atoms with Crippen LogP contribution in [0, 0.1) is 0 Å². The molecule has 100 valence electrons. The summed E-state index contributed by atoms with van der Waals surface area (Å²) in [4.78, 5) is 12.6. The second-order valence-electron chi connectivity index (χ2n) is 6.16. The minimum Gasteiger partial charge on any atom is -0.392 e. The molecule has 2 unspecified atom stereocenters. The van der Waals surface area contributed by atoms with Gasteiger partial charge >= 0.3 is 0 Å². The molecule has 0 saturated heterocycles. The van der Waals surface area contributed by atoms with E-state index in [2.05, 4.69) is 0 Å². The van der Waals surface area contributed by atoms with Crippen molar-refractivity contribution in [1.82, 2.24) is 0 Å². The summed E-state index contributed by atoms with van der Waals surface area (Å²) in [5.74, 6) is -0.950. The van der Waals surface area contributed by atoms with Gasteiger partial charge in [0.15, 0.2) is 5.78 Å². The second kappa shape index (κ2) is 5.54. The summed E-state index contributed by atoms with van der Waals surface area (Å²) in [5.41, 5.74) is 1.35. The number of hydrogen-bond donors (Lipinski definition) is 2. The van der Waals surface area contributed by atoms with Crippen LogP contribution in [0.3, 0.4) is 0 Å². The van der Waals surface area contributed by atoms with Crippen LogP contribution in [0.25, 0.3) is 0 Å². The van der Waals surface area contributed by atoms with E-state index in [1.165, 1.54) is 0 Å². The van der Waals surface area contributed by atoms with E-state index in [9.17, 15) is 9.90 Å². The van der Waals surface area contributed by atoms with Crippen LogP contribution in [0.4, 0.5) is 0 Å². The first-order chi connectivity index (χ1) is 10.2. The molecule has 1 fully saturated rings. The first-order valence-corrected chi connectivity index (χ1v) is 6.97. The van der Waals surface area contributed by atoms with Crippen molar-refractivity contribution >= 4 is 94.2 Å². The molecule has 14 radical (unpaired) electrons. The Labute approximate surface area is 149 Å². The minimum atomic E-state index is -2.36. The molecule has 1 saturated carbocycles. The monoisotopic (exact) mass is 309 g/mol. The number of Topliss-reactive ketones (excluding diaryl/α,β-unsaturated/α-hetero) is 1. The summed E-state index contributed by atoms with van der Waals surface area (Å²) in [6.07, 6.45) is -0.680. The van der Waals surface area contributed by atoms with E-state index in [0.717, 1.165) is 0 Å². The van der Waals surface area contributed by atoms with Gasteiger partial charge in [-0.2, -0.15) is 0 Å². The Kier molecular flexibility index (Phi) is 4.55. The number of aliphatic hydroxyl groups is 1. The Morgan fingerprint density at radius 2 is 1.43 bits per heavy atom. The summed E-state index contributed by atoms with van der Waals surface area (Å²) in [5, 5.41) is 8.45. The van der Waals surface area contributed by atoms with Gasteiger partial charge in [0.25, 0.3) is 0 Å². The molecule has 0 bridgehead atoms. The average Bonchev–Trinajstić information content (AvgIpc) is 2.39. The summed E-state index contributed by atoms with van der Waals surface area (Å²) in [7, 11) is 40.5. The summed E-state index contributed by atoms with van der Waals surface area (Å²) < 4.78 is 0. The zero-order valence-electron chi connectivity index (χ0n) is 12.3. The molecule has 1 aliphatic rings. The third kappa shape index (κ3) is 2.87. The summed E-state index contributed by atoms with van der Waals surface area (Å²) in [6, 6.07) is 0.